The third kappa shape index (κ3) is 6.08. The number of nitrogens with one attached hydrogen (secondary N) is 3. The Kier molecular flexibility index (Phi) is 7.08. The maximum atomic E-state index is 13.2. The van der Waals surface area contributed by atoms with Gasteiger partial charge in [-0.05, 0) is 36.4 Å². The van der Waals surface area contributed by atoms with E-state index in [9.17, 15) is 23.2 Å². The molecular formula is C21H23F2N4O3+. The van der Waals surface area contributed by atoms with Crippen LogP contribution in [0.25, 0.3) is 0 Å². The number of rotatable bonds is 6. The van der Waals surface area contributed by atoms with Crippen molar-refractivity contribution in [3.63, 3.8) is 0 Å². The molecule has 3 rings (SSSR count). The molecule has 0 unspecified atom stereocenters. The molecule has 9 heteroatoms. The van der Waals surface area contributed by atoms with Crippen LogP contribution in [0.2, 0.25) is 0 Å². The van der Waals surface area contributed by atoms with E-state index in [-0.39, 0.29) is 30.5 Å². The smallest absolute Gasteiger partial charge is 0.279 e. The fourth-order valence-electron chi connectivity index (χ4n) is 3.25. The lowest BCUT2D eigenvalue weighted by atomic mass is 10.2. The van der Waals surface area contributed by atoms with Gasteiger partial charge in [0.05, 0.1) is 32.7 Å². The highest BCUT2D eigenvalue weighted by Gasteiger charge is 2.25. The Morgan fingerprint density at radius 2 is 1.63 bits per heavy atom. The quantitative estimate of drug-likeness (QED) is 0.622. The van der Waals surface area contributed by atoms with Crippen molar-refractivity contribution in [2.75, 3.05) is 44.6 Å². The standard InChI is InChI=1S/C21H22F2N4O3/c22-16-4-1-3-15(11-16)21(30)24-13-20(29)27-9-7-26(8-10-27)14-19(28)25-18-6-2-5-17(23)12-18/h1-6,11-12H,7-10,13-14H2,(H,24,30)(H,25,28)/p+1. The minimum absolute atomic E-state index is 0.154. The van der Waals surface area contributed by atoms with Crippen molar-refractivity contribution in [1.82, 2.24) is 10.2 Å². The number of carbonyl (C=O) groups is 3. The number of nitrogens with zero attached hydrogens (tertiary/aromatic N) is 1. The molecule has 0 bridgehead atoms. The maximum absolute atomic E-state index is 13.2. The summed E-state index contributed by atoms with van der Waals surface area (Å²) in [5.74, 6) is -1.91. The number of halogens is 2. The van der Waals surface area contributed by atoms with Crippen LogP contribution in [-0.2, 0) is 9.59 Å². The maximum Gasteiger partial charge on any atom is 0.279 e. The first-order valence-corrected chi connectivity index (χ1v) is 9.61. The second-order valence-corrected chi connectivity index (χ2v) is 7.06. The molecule has 2 aromatic rings. The van der Waals surface area contributed by atoms with Crippen LogP contribution in [-0.4, -0.2) is 61.9 Å². The van der Waals surface area contributed by atoms with Gasteiger partial charge in [0.2, 0.25) is 5.91 Å². The van der Waals surface area contributed by atoms with Crippen molar-refractivity contribution in [2.24, 2.45) is 0 Å². The van der Waals surface area contributed by atoms with E-state index in [0.717, 1.165) is 11.0 Å². The highest BCUT2D eigenvalue weighted by molar-refractivity contribution is 5.96. The molecule has 2 aromatic carbocycles. The van der Waals surface area contributed by atoms with Gasteiger partial charge in [-0.1, -0.05) is 12.1 Å². The van der Waals surface area contributed by atoms with E-state index in [0.29, 0.717) is 31.9 Å². The number of amides is 3. The Morgan fingerprint density at radius 3 is 2.30 bits per heavy atom. The molecule has 1 aliphatic heterocycles. The van der Waals surface area contributed by atoms with Crippen LogP contribution in [0.1, 0.15) is 10.4 Å². The van der Waals surface area contributed by atoms with Crippen molar-refractivity contribution in [2.45, 2.75) is 0 Å². The van der Waals surface area contributed by atoms with Crippen LogP contribution < -0.4 is 15.5 Å². The van der Waals surface area contributed by atoms with E-state index in [1.165, 1.54) is 36.4 Å². The van der Waals surface area contributed by atoms with Crippen molar-refractivity contribution in [1.29, 1.82) is 0 Å². The van der Waals surface area contributed by atoms with Crippen molar-refractivity contribution in [3.8, 4) is 0 Å². The molecule has 3 amide bonds. The Labute approximate surface area is 172 Å². The number of quaternary nitrogens is 1. The largest absolute Gasteiger partial charge is 0.343 e. The van der Waals surface area contributed by atoms with Gasteiger partial charge in [-0.25, -0.2) is 8.78 Å². The van der Waals surface area contributed by atoms with Crippen molar-refractivity contribution >= 4 is 23.4 Å². The second kappa shape index (κ2) is 9.93. The Balaban J connectivity index is 1.39. The molecule has 3 N–H and O–H groups in total. The van der Waals surface area contributed by atoms with Gasteiger partial charge in [0.15, 0.2) is 6.54 Å². The highest BCUT2D eigenvalue weighted by atomic mass is 19.1. The first kappa shape index (κ1) is 21.4. The number of hydrogen-bond donors (Lipinski definition) is 3. The molecule has 158 valence electrons. The van der Waals surface area contributed by atoms with E-state index in [1.807, 2.05) is 0 Å². The molecular weight excluding hydrogens is 394 g/mol. The van der Waals surface area contributed by atoms with Crippen LogP contribution in [0.5, 0.6) is 0 Å². The minimum atomic E-state index is -0.519. The minimum Gasteiger partial charge on any atom is -0.343 e. The number of carbonyl (C=O) groups excluding carboxylic acids is 3. The average molecular weight is 417 g/mol. The van der Waals surface area contributed by atoms with Crippen LogP contribution in [0, 0.1) is 11.6 Å². The molecule has 0 spiro atoms. The van der Waals surface area contributed by atoms with Gasteiger partial charge in [0, 0.05) is 11.3 Å². The van der Waals surface area contributed by atoms with Gasteiger partial charge in [-0.15, -0.1) is 0 Å². The van der Waals surface area contributed by atoms with Gasteiger partial charge in [-0.3, -0.25) is 14.4 Å². The molecule has 1 aliphatic rings. The Bertz CT molecular complexity index is 930. The summed E-state index contributed by atoms with van der Waals surface area (Å²) in [5, 5.41) is 5.16. The Hall–Kier alpha value is -3.33. The molecule has 1 heterocycles. The molecule has 0 aromatic heterocycles. The zero-order valence-electron chi connectivity index (χ0n) is 16.3. The molecule has 0 atom stereocenters. The summed E-state index contributed by atoms with van der Waals surface area (Å²) in [7, 11) is 0. The van der Waals surface area contributed by atoms with Crippen LogP contribution in [0.15, 0.2) is 48.5 Å². The lowest BCUT2D eigenvalue weighted by Gasteiger charge is -2.32. The fourth-order valence-corrected chi connectivity index (χ4v) is 3.25. The summed E-state index contributed by atoms with van der Waals surface area (Å²) in [5.41, 5.74) is 0.559. The third-order valence-corrected chi connectivity index (χ3v) is 4.83. The highest BCUT2D eigenvalue weighted by Crippen LogP contribution is 2.08. The first-order valence-electron chi connectivity index (χ1n) is 9.61. The third-order valence-electron chi connectivity index (χ3n) is 4.83. The molecule has 0 saturated carbocycles. The summed E-state index contributed by atoms with van der Waals surface area (Å²) in [6.07, 6.45) is 0. The topological polar surface area (TPSA) is 83.0 Å². The van der Waals surface area contributed by atoms with Crippen LogP contribution in [0.3, 0.4) is 0 Å². The molecule has 7 nitrogen and oxygen atoms in total. The lowest BCUT2D eigenvalue weighted by molar-refractivity contribution is -0.895. The van der Waals surface area contributed by atoms with Crippen molar-refractivity contribution in [3.05, 3.63) is 65.7 Å². The van der Waals surface area contributed by atoms with E-state index in [1.54, 1.807) is 11.0 Å². The summed E-state index contributed by atoms with van der Waals surface area (Å²) >= 11 is 0. The molecule has 1 saturated heterocycles. The second-order valence-electron chi connectivity index (χ2n) is 7.06. The normalized spacial score (nSPS) is 14.3. The van der Waals surface area contributed by atoms with E-state index in [2.05, 4.69) is 10.6 Å². The summed E-state index contributed by atoms with van der Waals surface area (Å²) in [6, 6.07) is 10.9. The van der Waals surface area contributed by atoms with E-state index < -0.39 is 17.5 Å². The number of piperazine rings is 1. The van der Waals surface area contributed by atoms with Crippen LogP contribution in [0.4, 0.5) is 14.5 Å². The predicted molar refractivity (Wildman–Crippen MR) is 106 cm³/mol. The van der Waals surface area contributed by atoms with Gasteiger partial charge in [-0.2, -0.15) is 0 Å². The lowest BCUT2D eigenvalue weighted by Crippen LogP contribution is -3.15. The summed E-state index contributed by atoms with van der Waals surface area (Å²) in [6.45, 7) is 2.12. The SMILES string of the molecule is O=C(C[NH+]1CCN(C(=O)CNC(=O)c2cccc(F)c2)CC1)Nc1cccc(F)c1. The van der Waals surface area contributed by atoms with Crippen LogP contribution >= 0.6 is 0 Å². The van der Waals surface area contributed by atoms with Gasteiger partial charge in [0.25, 0.3) is 11.8 Å². The summed E-state index contributed by atoms with van der Waals surface area (Å²) < 4.78 is 26.4. The number of anilines is 1. The first-order chi connectivity index (χ1) is 14.4. The van der Waals surface area contributed by atoms with Gasteiger partial charge >= 0.3 is 0 Å². The number of benzene rings is 2. The zero-order valence-corrected chi connectivity index (χ0v) is 16.3. The zero-order chi connectivity index (χ0) is 21.5. The van der Waals surface area contributed by atoms with E-state index >= 15 is 0 Å². The van der Waals surface area contributed by atoms with Gasteiger partial charge in [0.1, 0.15) is 11.6 Å². The van der Waals surface area contributed by atoms with Gasteiger partial charge < -0.3 is 20.4 Å². The monoisotopic (exact) mass is 417 g/mol. The predicted octanol–water partition coefficient (Wildman–Crippen LogP) is 0.0604. The Morgan fingerprint density at radius 1 is 0.967 bits per heavy atom. The average Bonchev–Trinajstić information content (AvgIpc) is 2.72. The molecule has 0 aliphatic carbocycles. The molecule has 30 heavy (non-hydrogen) atoms. The molecule has 0 radical (unpaired) electrons. The molecule has 1 fully saturated rings. The fraction of sp³-hybridized carbons (Fsp3) is 0.286. The number of hydrogen-bond acceptors (Lipinski definition) is 3. The van der Waals surface area contributed by atoms with Crippen molar-refractivity contribution < 1.29 is 28.1 Å². The summed E-state index contributed by atoms with van der Waals surface area (Å²) in [4.78, 5) is 39.1. The van der Waals surface area contributed by atoms with E-state index in [4.69, 9.17) is 0 Å².